The SMILES string of the molecule is CN(CC(=O)Nc1cccc(S(=O)(=O)NC2=NCCCCC2)c1)CC1COc2ccccc2O1. The third kappa shape index (κ3) is 6.48. The zero-order valence-electron chi connectivity index (χ0n) is 19.2. The molecule has 2 aliphatic heterocycles. The molecule has 4 rings (SSSR count). The number of benzene rings is 2. The number of rotatable bonds is 7. The number of sulfonamides is 1. The Hall–Kier alpha value is -3.11. The van der Waals surface area contributed by atoms with Crippen molar-refractivity contribution in [1.29, 1.82) is 0 Å². The van der Waals surface area contributed by atoms with Crippen molar-refractivity contribution in [2.75, 3.05) is 38.6 Å². The maximum atomic E-state index is 12.8. The largest absolute Gasteiger partial charge is 0.486 e. The molecule has 1 atom stereocenters. The van der Waals surface area contributed by atoms with Gasteiger partial charge in [-0.15, -0.1) is 0 Å². The van der Waals surface area contributed by atoms with Crippen molar-refractivity contribution < 1.29 is 22.7 Å². The second-order valence-corrected chi connectivity index (χ2v) is 10.2. The molecule has 0 radical (unpaired) electrons. The summed E-state index contributed by atoms with van der Waals surface area (Å²) < 4.78 is 39.9. The van der Waals surface area contributed by atoms with E-state index in [9.17, 15) is 13.2 Å². The molecule has 0 spiro atoms. The summed E-state index contributed by atoms with van der Waals surface area (Å²) in [5.74, 6) is 1.65. The van der Waals surface area contributed by atoms with E-state index >= 15 is 0 Å². The van der Waals surface area contributed by atoms with E-state index in [1.807, 2.05) is 36.2 Å². The standard InChI is InChI=1S/C24H30N4O5S/c1-28(15-19-17-32-21-10-4-5-11-22(21)33-19)16-24(29)26-18-8-7-9-20(14-18)34(30,31)27-23-12-3-2-6-13-25-23/h4-5,7-11,14,19H,2-3,6,12-13,15-17H2,1H3,(H,25,27)(H,26,29). The summed E-state index contributed by atoms with van der Waals surface area (Å²) in [5, 5.41) is 2.78. The van der Waals surface area contributed by atoms with Crippen LogP contribution in [0.4, 0.5) is 5.69 Å². The van der Waals surface area contributed by atoms with Crippen LogP contribution in [0, 0.1) is 0 Å². The Labute approximate surface area is 200 Å². The van der Waals surface area contributed by atoms with Crippen molar-refractivity contribution in [3.63, 3.8) is 0 Å². The maximum Gasteiger partial charge on any atom is 0.262 e. The molecular formula is C24H30N4O5S. The van der Waals surface area contributed by atoms with Crippen LogP contribution >= 0.6 is 0 Å². The third-order valence-corrected chi connectivity index (χ3v) is 6.93. The van der Waals surface area contributed by atoms with E-state index in [1.54, 1.807) is 12.1 Å². The van der Waals surface area contributed by atoms with Gasteiger partial charge in [-0.25, -0.2) is 8.42 Å². The molecule has 2 heterocycles. The lowest BCUT2D eigenvalue weighted by Gasteiger charge is -2.29. The van der Waals surface area contributed by atoms with E-state index < -0.39 is 10.0 Å². The van der Waals surface area contributed by atoms with E-state index in [-0.39, 0.29) is 23.5 Å². The number of para-hydroxylation sites is 2. The second kappa shape index (κ2) is 10.9. The minimum atomic E-state index is -3.77. The number of ether oxygens (including phenoxy) is 2. The van der Waals surface area contributed by atoms with Gasteiger partial charge < -0.3 is 14.8 Å². The first-order chi connectivity index (χ1) is 16.4. The number of carbonyl (C=O) groups excluding carboxylic acids is 1. The lowest BCUT2D eigenvalue weighted by molar-refractivity contribution is -0.117. The molecule has 2 aromatic rings. The number of carbonyl (C=O) groups is 1. The van der Waals surface area contributed by atoms with Crippen LogP contribution < -0.4 is 19.5 Å². The predicted molar refractivity (Wildman–Crippen MR) is 130 cm³/mol. The van der Waals surface area contributed by atoms with Gasteiger partial charge in [0.15, 0.2) is 11.5 Å². The molecule has 0 bridgehead atoms. The van der Waals surface area contributed by atoms with E-state index in [0.29, 0.717) is 43.4 Å². The molecule has 1 unspecified atom stereocenters. The number of anilines is 1. The van der Waals surface area contributed by atoms with Crippen LogP contribution in [-0.4, -0.2) is 64.5 Å². The lowest BCUT2D eigenvalue weighted by Crippen LogP contribution is -2.42. The monoisotopic (exact) mass is 486 g/mol. The van der Waals surface area contributed by atoms with Crippen LogP contribution in [-0.2, 0) is 14.8 Å². The number of hydrogen-bond acceptors (Lipinski definition) is 7. The molecule has 2 N–H and O–H groups in total. The molecule has 0 saturated heterocycles. The Balaban J connectivity index is 1.31. The van der Waals surface area contributed by atoms with Crippen molar-refractivity contribution >= 4 is 27.5 Å². The van der Waals surface area contributed by atoms with E-state index in [0.717, 1.165) is 25.0 Å². The van der Waals surface area contributed by atoms with Crippen LogP contribution in [0.5, 0.6) is 11.5 Å². The fourth-order valence-electron chi connectivity index (χ4n) is 3.92. The summed E-state index contributed by atoms with van der Waals surface area (Å²) >= 11 is 0. The first-order valence-electron chi connectivity index (χ1n) is 11.4. The first kappa shape index (κ1) is 24.0. The highest BCUT2D eigenvalue weighted by Crippen LogP contribution is 2.30. The topological polar surface area (TPSA) is 109 Å². The summed E-state index contributed by atoms with van der Waals surface area (Å²) in [5.41, 5.74) is 0.412. The molecule has 34 heavy (non-hydrogen) atoms. The van der Waals surface area contributed by atoms with Crippen molar-refractivity contribution in [2.24, 2.45) is 4.99 Å². The summed E-state index contributed by atoms with van der Waals surface area (Å²) in [7, 11) is -1.95. The maximum absolute atomic E-state index is 12.8. The van der Waals surface area contributed by atoms with Gasteiger partial charge in [0.25, 0.3) is 10.0 Å². The summed E-state index contributed by atoms with van der Waals surface area (Å²) in [6.45, 7) is 1.66. The Morgan fingerprint density at radius 2 is 1.94 bits per heavy atom. The minimum Gasteiger partial charge on any atom is -0.486 e. The third-order valence-electron chi connectivity index (χ3n) is 5.55. The fraction of sp³-hybridized carbons (Fsp3) is 0.417. The van der Waals surface area contributed by atoms with Crippen molar-refractivity contribution in [3.8, 4) is 11.5 Å². The van der Waals surface area contributed by atoms with E-state index in [1.165, 1.54) is 12.1 Å². The molecule has 9 nitrogen and oxygen atoms in total. The lowest BCUT2D eigenvalue weighted by atomic mass is 10.2. The van der Waals surface area contributed by atoms with Gasteiger partial charge in [0.2, 0.25) is 5.91 Å². The molecule has 0 fully saturated rings. The number of fused-ring (bicyclic) bond motifs is 1. The number of amidine groups is 1. The van der Waals surface area contributed by atoms with Gasteiger partial charge in [0.05, 0.1) is 11.4 Å². The summed E-state index contributed by atoms with van der Waals surface area (Å²) in [6, 6.07) is 13.7. The predicted octanol–water partition coefficient (Wildman–Crippen LogP) is 2.65. The molecule has 0 aromatic heterocycles. The van der Waals surface area contributed by atoms with Gasteiger partial charge in [-0.3, -0.25) is 19.4 Å². The van der Waals surface area contributed by atoms with E-state index in [2.05, 4.69) is 15.0 Å². The average molecular weight is 487 g/mol. The van der Waals surface area contributed by atoms with Crippen LogP contribution in [0.2, 0.25) is 0 Å². The summed E-state index contributed by atoms with van der Waals surface area (Å²) in [4.78, 5) is 18.8. The van der Waals surface area contributed by atoms with Gasteiger partial charge in [0, 0.05) is 25.2 Å². The van der Waals surface area contributed by atoms with Gasteiger partial charge in [0.1, 0.15) is 18.5 Å². The number of likely N-dealkylation sites (N-methyl/N-ethyl adjacent to an activating group) is 1. The Morgan fingerprint density at radius 3 is 2.79 bits per heavy atom. The number of nitrogens with zero attached hydrogens (tertiary/aromatic N) is 2. The fourth-order valence-corrected chi connectivity index (χ4v) is 5.06. The minimum absolute atomic E-state index is 0.0806. The van der Waals surface area contributed by atoms with Crippen LogP contribution in [0.15, 0.2) is 58.4 Å². The Morgan fingerprint density at radius 1 is 1.12 bits per heavy atom. The highest BCUT2D eigenvalue weighted by Gasteiger charge is 2.23. The van der Waals surface area contributed by atoms with Gasteiger partial charge in [-0.2, -0.15) is 0 Å². The van der Waals surface area contributed by atoms with Crippen LogP contribution in [0.3, 0.4) is 0 Å². The van der Waals surface area contributed by atoms with E-state index in [4.69, 9.17) is 9.47 Å². The molecule has 0 aliphatic carbocycles. The molecular weight excluding hydrogens is 456 g/mol. The van der Waals surface area contributed by atoms with Crippen molar-refractivity contribution in [1.82, 2.24) is 9.62 Å². The van der Waals surface area contributed by atoms with Crippen molar-refractivity contribution in [3.05, 3.63) is 48.5 Å². The number of amides is 1. The first-order valence-corrected chi connectivity index (χ1v) is 12.9. The van der Waals surface area contributed by atoms with Gasteiger partial charge in [-0.1, -0.05) is 24.6 Å². The number of aliphatic imine (C=N–C) groups is 1. The highest BCUT2D eigenvalue weighted by atomic mass is 32.2. The summed E-state index contributed by atoms with van der Waals surface area (Å²) in [6.07, 6.45) is 3.34. The van der Waals surface area contributed by atoms with Gasteiger partial charge in [-0.05, 0) is 50.2 Å². The molecule has 182 valence electrons. The van der Waals surface area contributed by atoms with Gasteiger partial charge >= 0.3 is 0 Å². The molecule has 2 aromatic carbocycles. The van der Waals surface area contributed by atoms with Crippen molar-refractivity contribution in [2.45, 2.75) is 36.7 Å². The Kier molecular flexibility index (Phi) is 7.69. The van der Waals surface area contributed by atoms with Crippen LogP contribution in [0.1, 0.15) is 25.7 Å². The Bertz CT molecular complexity index is 1150. The number of nitrogens with one attached hydrogen (secondary N) is 2. The average Bonchev–Trinajstić information content (AvgIpc) is 3.07. The highest BCUT2D eigenvalue weighted by molar-refractivity contribution is 7.90. The quantitative estimate of drug-likeness (QED) is 0.623. The molecule has 1 amide bonds. The zero-order chi connectivity index (χ0) is 24.0. The zero-order valence-corrected chi connectivity index (χ0v) is 20.0. The second-order valence-electron chi connectivity index (χ2n) is 8.51. The molecule has 10 heteroatoms. The molecule has 2 aliphatic rings. The normalized spacial score (nSPS) is 18.1. The smallest absolute Gasteiger partial charge is 0.262 e. The van der Waals surface area contributed by atoms with Crippen LogP contribution in [0.25, 0.3) is 0 Å². The molecule has 0 saturated carbocycles. The number of hydrogen-bond donors (Lipinski definition) is 2.